The maximum absolute atomic E-state index is 10.9. The van der Waals surface area contributed by atoms with Gasteiger partial charge in [-0.05, 0) is 0 Å². The molecule has 0 aromatic rings. The van der Waals surface area contributed by atoms with Gasteiger partial charge in [0.25, 0.3) is 0 Å². The minimum absolute atomic E-state index is 0.302. The van der Waals surface area contributed by atoms with Crippen LogP contribution in [0.1, 0.15) is 6.92 Å². The number of hydrogen-bond acceptors (Lipinski definition) is 3. The van der Waals surface area contributed by atoms with Gasteiger partial charge < -0.3 is 10.2 Å². The summed E-state index contributed by atoms with van der Waals surface area (Å²) in [6, 6.07) is 0. The minimum Gasteiger partial charge on any atom is -0.480 e. The first kappa shape index (κ1) is 8.22. The van der Waals surface area contributed by atoms with Crippen LogP contribution in [0.3, 0.4) is 0 Å². The molecular weight excluding hydrogens is 174 g/mol. The molecule has 2 rings (SSSR count). The van der Waals surface area contributed by atoms with Gasteiger partial charge in [0.1, 0.15) is 0 Å². The largest absolute Gasteiger partial charge is 0.480 e. The van der Waals surface area contributed by atoms with Crippen LogP contribution in [0.4, 0.5) is 0 Å². The quantitative estimate of drug-likeness (QED) is 0.583. The smallest absolute Gasteiger partial charge is 0.322 e. The third-order valence-corrected chi connectivity index (χ3v) is 3.32. The maximum atomic E-state index is 10.9. The third-order valence-electron chi connectivity index (χ3n) is 3.32. The Kier molecular flexibility index (Phi) is 1.21. The molecule has 0 unspecified atom stereocenters. The van der Waals surface area contributed by atoms with E-state index in [4.69, 9.17) is 10.2 Å². The summed E-state index contributed by atoms with van der Waals surface area (Å²) in [5.74, 6) is -2.94. The molecule has 0 bridgehead atoms. The van der Waals surface area contributed by atoms with E-state index < -0.39 is 28.7 Å². The van der Waals surface area contributed by atoms with Crippen LogP contribution >= 0.6 is 0 Å². The van der Waals surface area contributed by atoms with Crippen LogP contribution in [0.5, 0.6) is 0 Å². The summed E-state index contributed by atoms with van der Waals surface area (Å²) in [6.45, 7) is 1.96. The summed E-state index contributed by atoms with van der Waals surface area (Å²) in [4.78, 5) is 25.7. The van der Waals surface area contributed by atoms with Crippen LogP contribution in [-0.4, -0.2) is 34.9 Å². The van der Waals surface area contributed by atoms with Gasteiger partial charge in [0.15, 0.2) is 5.41 Å². The molecule has 13 heavy (non-hydrogen) atoms. The molecule has 1 fully saturated rings. The van der Waals surface area contributed by atoms with E-state index in [2.05, 4.69) is 4.99 Å². The third kappa shape index (κ3) is 0.587. The van der Waals surface area contributed by atoms with Gasteiger partial charge in [0, 0.05) is 24.1 Å². The Labute approximate surface area is 74.1 Å². The fourth-order valence-electron chi connectivity index (χ4n) is 2.41. The first-order valence-electron chi connectivity index (χ1n) is 3.94. The molecule has 0 saturated heterocycles. The highest BCUT2D eigenvalue weighted by atomic mass is 16.4. The average Bonchev–Trinajstić information content (AvgIpc) is 2.29. The summed E-state index contributed by atoms with van der Waals surface area (Å²) >= 11 is 0. The van der Waals surface area contributed by atoms with Crippen LogP contribution in [-0.2, 0) is 9.59 Å². The number of fused-ring (bicyclic) bond motifs is 1. The summed E-state index contributed by atoms with van der Waals surface area (Å²) in [5.41, 5.74) is -2.32. The van der Waals surface area contributed by atoms with Crippen molar-refractivity contribution in [2.45, 2.75) is 6.92 Å². The Morgan fingerprint density at radius 2 is 2.00 bits per heavy atom. The van der Waals surface area contributed by atoms with Crippen molar-refractivity contribution in [2.24, 2.45) is 21.7 Å². The van der Waals surface area contributed by atoms with Gasteiger partial charge in [-0.15, -0.1) is 0 Å². The highest BCUT2D eigenvalue weighted by Gasteiger charge is 2.84. The average molecular weight is 183 g/mol. The molecule has 0 radical (unpaired) electrons. The lowest BCUT2D eigenvalue weighted by molar-refractivity contribution is -0.159. The van der Waals surface area contributed by atoms with Crippen LogP contribution in [0.25, 0.3) is 0 Å². The lowest BCUT2D eigenvalue weighted by Gasteiger charge is -2.12. The van der Waals surface area contributed by atoms with E-state index >= 15 is 0 Å². The zero-order valence-corrected chi connectivity index (χ0v) is 7.02. The molecule has 0 amide bonds. The summed E-state index contributed by atoms with van der Waals surface area (Å²) in [6.07, 6.45) is 1.46. The predicted molar refractivity (Wildman–Crippen MR) is 42.7 cm³/mol. The highest BCUT2D eigenvalue weighted by Crippen LogP contribution is 2.70. The van der Waals surface area contributed by atoms with Crippen LogP contribution in [0, 0.1) is 16.7 Å². The van der Waals surface area contributed by atoms with Gasteiger partial charge in [0.2, 0.25) is 0 Å². The fraction of sp³-hybridized carbons (Fsp3) is 0.625. The van der Waals surface area contributed by atoms with Gasteiger partial charge >= 0.3 is 11.9 Å². The van der Waals surface area contributed by atoms with E-state index in [1.807, 2.05) is 0 Å². The number of carboxylic acid groups (broad SMARTS) is 2. The van der Waals surface area contributed by atoms with Crippen LogP contribution < -0.4 is 0 Å². The molecule has 1 saturated carbocycles. The van der Waals surface area contributed by atoms with Crippen molar-refractivity contribution in [1.82, 2.24) is 0 Å². The van der Waals surface area contributed by atoms with Crippen molar-refractivity contribution in [3.8, 4) is 0 Å². The number of carbonyl (C=O) groups is 2. The number of aliphatic carboxylic acids is 2. The number of rotatable bonds is 2. The van der Waals surface area contributed by atoms with Crippen molar-refractivity contribution in [3.05, 3.63) is 0 Å². The highest BCUT2D eigenvalue weighted by molar-refractivity contribution is 6.09. The standard InChI is InChI=1S/C8H9NO4/c1-7-3-9-2-4(7)8(7,5(10)11)6(12)13/h2,4H,3H2,1H3,(H,10,11)(H,12,13)/t4-,7+/m1/s1. The Balaban J connectivity index is 2.47. The van der Waals surface area contributed by atoms with E-state index in [1.165, 1.54) is 6.21 Å². The first-order chi connectivity index (χ1) is 5.98. The van der Waals surface area contributed by atoms with Crippen molar-refractivity contribution in [3.63, 3.8) is 0 Å². The van der Waals surface area contributed by atoms with E-state index in [1.54, 1.807) is 6.92 Å². The first-order valence-corrected chi connectivity index (χ1v) is 3.94. The number of aliphatic imine (C=N–C) groups is 1. The number of nitrogens with zero attached hydrogens (tertiary/aromatic N) is 1. The van der Waals surface area contributed by atoms with Crippen molar-refractivity contribution < 1.29 is 19.8 Å². The van der Waals surface area contributed by atoms with Crippen molar-refractivity contribution >= 4 is 18.2 Å². The SMILES string of the molecule is C[C@]12CN=C[C@H]1C2(C(=O)O)C(=O)O. The Bertz CT molecular complexity index is 321. The molecule has 5 heteroatoms. The van der Waals surface area contributed by atoms with E-state index in [9.17, 15) is 9.59 Å². The monoisotopic (exact) mass is 183 g/mol. The van der Waals surface area contributed by atoms with E-state index in [0.29, 0.717) is 6.54 Å². The molecule has 0 aromatic heterocycles. The molecule has 1 aliphatic heterocycles. The zero-order chi connectivity index (χ0) is 9.85. The zero-order valence-electron chi connectivity index (χ0n) is 7.02. The normalized spacial score (nSPS) is 38.4. The number of hydrogen-bond donors (Lipinski definition) is 2. The molecule has 0 spiro atoms. The lowest BCUT2D eigenvalue weighted by Crippen LogP contribution is -2.33. The van der Waals surface area contributed by atoms with Crippen LogP contribution in [0.2, 0.25) is 0 Å². The van der Waals surface area contributed by atoms with Gasteiger partial charge in [-0.2, -0.15) is 0 Å². The molecule has 5 nitrogen and oxygen atoms in total. The summed E-state index contributed by atoms with van der Waals surface area (Å²) < 4.78 is 0. The van der Waals surface area contributed by atoms with Crippen molar-refractivity contribution in [1.29, 1.82) is 0 Å². The minimum atomic E-state index is -1.62. The maximum Gasteiger partial charge on any atom is 0.322 e. The molecule has 2 aliphatic rings. The van der Waals surface area contributed by atoms with Gasteiger partial charge in [-0.25, -0.2) is 0 Å². The van der Waals surface area contributed by atoms with Gasteiger partial charge in [-0.3, -0.25) is 14.6 Å². The summed E-state index contributed by atoms with van der Waals surface area (Å²) in [7, 11) is 0. The predicted octanol–water partition coefficient (Wildman–Crippen LogP) is -0.138. The molecule has 0 aromatic carbocycles. The molecule has 70 valence electrons. The number of carboxylic acids is 2. The van der Waals surface area contributed by atoms with Crippen LogP contribution in [0.15, 0.2) is 4.99 Å². The molecule has 1 heterocycles. The Morgan fingerprint density at radius 1 is 1.46 bits per heavy atom. The second kappa shape index (κ2) is 1.92. The summed E-state index contributed by atoms with van der Waals surface area (Å²) in [5, 5.41) is 17.8. The lowest BCUT2D eigenvalue weighted by atomic mass is 9.94. The Hall–Kier alpha value is -1.39. The Morgan fingerprint density at radius 3 is 2.23 bits per heavy atom. The molecular formula is C8H9NO4. The van der Waals surface area contributed by atoms with Crippen molar-refractivity contribution in [2.75, 3.05) is 6.54 Å². The second-order valence-corrected chi connectivity index (χ2v) is 3.80. The van der Waals surface area contributed by atoms with Gasteiger partial charge in [0.05, 0.1) is 0 Å². The molecule has 2 N–H and O–H groups in total. The molecule has 1 aliphatic carbocycles. The fourth-order valence-corrected chi connectivity index (χ4v) is 2.41. The van der Waals surface area contributed by atoms with E-state index in [-0.39, 0.29) is 0 Å². The topological polar surface area (TPSA) is 87.0 Å². The molecule has 2 atom stereocenters. The van der Waals surface area contributed by atoms with E-state index in [0.717, 1.165) is 0 Å². The van der Waals surface area contributed by atoms with Gasteiger partial charge in [-0.1, -0.05) is 6.92 Å². The second-order valence-electron chi connectivity index (χ2n) is 3.80.